The van der Waals surface area contributed by atoms with Crippen molar-refractivity contribution in [3.63, 3.8) is 0 Å². The molecule has 0 unspecified atom stereocenters. The van der Waals surface area contributed by atoms with Crippen LogP contribution >= 0.6 is 22.9 Å². The van der Waals surface area contributed by atoms with E-state index >= 15 is 0 Å². The standard InChI is InChI=1S/C12H11ClNOS/c1-9-4-2-3-7-14(9)8-10(15)11-5-6-12(13)16-11/h2-7H,8H2,1H3/q+1. The Bertz CT molecular complexity index is 521. The molecule has 0 aromatic carbocycles. The van der Waals surface area contributed by atoms with E-state index in [0.717, 1.165) is 5.69 Å². The molecule has 0 aliphatic carbocycles. The van der Waals surface area contributed by atoms with Crippen molar-refractivity contribution in [1.29, 1.82) is 0 Å². The van der Waals surface area contributed by atoms with E-state index in [9.17, 15) is 4.79 Å². The summed E-state index contributed by atoms with van der Waals surface area (Å²) < 4.78 is 2.58. The average Bonchev–Trinajstić information content (AvgIpc) is 2.68. The zero-order valence-electron chi connectivity index (χ0n) is 8.81. The molecule has 4 heteroatoms. The lowest BCUT2D eigenvalue weighted by molar-refractivity contribution is -0.689. The van der Waals surface area contributed by atoms with Crippen LogP contribution in [-0.4, -0.2) is 5.78 Å². The van der Waals surface area contributed by atoms with Crippen LogP contribution < -0.4 is 4.57 Å². The summed E-state index contributed by atoms with van der Waals surface area (Å²) in [6.45, 7) is 2.35. The molecule has 2 nitrogen and oxygen atoms in total. The minimum atomic E-state index is 0.0937. The first kappa shape index (κ1) is 11.3. The number of thiophene rings is 1. The second-order valence-corrected chi connectivity index (χ2v) is 5.21. The van der Waals surface area contributed by atoms with Gasteiger partial charge in [-0.1, -0.05) is 17.7 Å². The zero-order chi connectivity index (χ0) is 11.5. The van der Waals surface area contributed by atoms with Gasteiger partial charge in [0.1, 0.15) is 0 Å². The lowest BCUT2D eigenvalue weighted by Gasteiger charge is -1.97. The Kier molecular flexibility index (Phi) is 3.36. The molecule has 2 aromatic heterocycles. The van der Waals surface area contributed by atoms with E-state index in [-0.39, 0.29) is 5.78 Å². The van der Waals surface area contributed by atoms with Crippen LogP contribution in [-0.2, 0) is 6.54 Å². The molecule has 0 aliphatic rings. The van der Waals surface area contributed by atoms with E-state index in [0.29, 0.717) is 15.8 Å². The number of hydrogen-bond donors (Lipinski definition) is 0. The fourth-order valence-corrected chi connectivity index (χ4v) is 2.41. The van der Waals surface area contributed by atoms with E-state index in [1.807, 2.05) is 35.9 Å². The summed E-state index contributed by atoms with van der Waals surface area (Å²) in [5.41, 5.74) is 1.07. The van der Waals surface area contributed by atoms with Crippen molar-refractivity contribution >= 4 is 28.7 Å². The molecule has 0 radical (unpaired) electrons. The second kappa shape index (κ2) is 4.76. The Hall–Kier alpha value is -1.19. The molecular formula is C12H11ClNOS+. The van der Waals surface area contributed by atoms with Crippen LogP contribution in [0.2, 0.25) is 4.34 Å². The highest BCUT2D eigenvalue weighted by Gasteiger charge is 2.15. The highest BCUT2D eigenvalue weighted by molar-refractivity contribution is 7.18. The number of aryl methyl sites for hydroxylation is 1. The molecule has 0 bridgehead atoms. The van der Waals surface area contributed by atoms with Gasteiger partial charge in [-0.05, 0) is 12.1 Å². The zero-order valence-corrected chi connectivity index (χ0v) is 10.4. The molecule has 0 spiro atoms. The number of carbonyl (C=O) groups excluding carboxylic acids is 1. The van der Waals surface area contributed by atoms with E-state index in [2.05, 4.69) is 0 Å². The lowest BCUT2D eigenvalue weighted by Crippen LogP contribution is -2.40. The van der Waals surface area contributed by atoms with Gasteiger partial charge in [0.15, 0.2) is 11.9 Å². The Morgan fingerprint density at radius 3 is 2.81 bits per heavy atom. The van der Waals surface area contributed by atoms with Crippen molar-refractivity contribution in [2.24, 2.45) is 0 Å². The van der Waals surface area contributed by atoms with Crippen LogP contribution in [0.5, 0.6) is 0 Å². The number of pyridine rings is 1. The summed E-state index contributed by atoms with van der Waals surface area (Å²) in [5, 5.41) is 0. The maximum atomic E-state index is 11.9. The Balaban J connectivity index is 2.17. The Morgan fingerprint density at radius 2 is 2.19 bits per heavy atom. The van der Waals surface area contributed by atoms with Crippen molar-refractivity contribution in [2.45, 2.75) is 13.5 Å². The third-order valence-electron chi connectivity index (χ3n) is 2.33. The molecule has 0 atom stereocenters. The maximum Gasteiger partial charge on any atom is 0.237 e. The van der Waals surface area contributed by atoms with Gasteiger partial charge in [0.05, 0.1) is 9.21 Å². The smallest absolute Gasteiger partial charge is 0.237 e. The molecule has 2 heterocycles. The molecular weight excluding hydrogens is 242 g/mol. The second-order valence-electron chi connectivity index (χ2n) is 3.50. The molecule has 82 valence electrons. The van der Waals surface area contributed by atoms with E-state index in [4.69, 9.17) is 11.6 Å². The average molecular weight is 253 g/mol. The molecule has 0 aliphatic heterocycles. The predicted octanol–water partition coefficient (Wildman–Crippen LogP) is 2.88. The molecule has 0 saturated carbocycles. The molecule has 16 heavy (non-hydrogen) atoms. The first-order chi connectivity index (χ1) is 7.66. The lowest BCUT2D eigenvalue weighted by atomic mass is 10.3. The monoisotopic (exact) mass is 252 g/mol. The summed E-state index contributed by atoms with van der Waals surface area (Å²) >= 11 is 7.12. The van der Waals surface area contributed by atoms with Crippen LogP contribution in [0.3, 0.4) is 0 Å². The van der Waals surface area contributed by atoms with Crippen LogP contribution in [0.4, 0.5) is 0 Å². The van der Waals surface area contributed by atoms with E-state index in [1.165, 1.54) is 11.3 Å². The van der Waals surface area contributed by atoms with Gasteiger partial charge in [0.2, 0.25) is 12.3 Å². The SMILES string of the molecule is Cc1cccc[n+]1CC(=O)c1ccc(Cl)s1. The van der Waals surface area contributed by atoms with Crippen LogP contribution in [0.15, 0.2) is 36.5 Å². The molecule has 0 saturated heterocycles. The molecule has 0 N–H and O–H groups in total. The molecule has 0 amide bonds. The molecule has 2 aromatic rings. The number of Topliss-reactive ketones (excluding diaryl/α,β-unsaturated/α-hetero) is 1. The van der Waals surface area contributed by atoms with Gasteiger partial charge >= 0.3 is 0 Å². The van der Waals surface area contributed by atoms with E-state index in [1.54, 1.807) is 12.1 Å². The van der Waals surface area contributed by atoms with Crippen molar-refractivity contribution in [3.8, 4) is 0 Å². The van der Waals surface area contributed by atoms with Crippen molar-refractivity contribution in [3.05, 3.63) is 51.4 Å². The number of halogens is 1. The quantitative estimate of drug-likeness (QED) is 0.608. The van der Waals surface area contributed by atoms with Crippen molar-refractivity contribution in [2.75, 3.05) is 0 Å². The van der Waals surface area contributed by atoms with Crippen molar-refractivity contribution in [1.82, 2.24) is 0 Å². The first-order valence-corrected chi connectivity index (χ1v) is 6.10. The topological polar surface area (TPSA) is 20.9 Å². The fourth-order valence-electron chi connectivity index (χ4n) is 1.44. The highest BCUT2D eigenvalue weighted by Crippen LogP contribution is 2.21. The van der Waals surface area contributed by atoms with Gasteiger partial charge in [0.25, 0.3) is 0 Å². The van der Waals surface area contributed by atoms with Gasteiger partial charge in [-0.15, -0.1) is 11.3 Å². The third-order valence-corrected chi connectivity index (χ3v) is 3.60. The number of ketones is 1. The summed E-state index contributed by atoms with van der Waals surface area (Å²) in [7, 11) is 0. The van der Waals surface area contributed by atoms with Crippen LogP contribution in [0, 0.1) is 6.92 Å². The Morgan fingerprint density at radius 1 is 1.38 bits per heavy atom. The van der Waals surface area contributed by atoms with Crippen LogP contribution in [0.25, 0.3) is 0 Å². The summed E-state index contributed by atoms with van der Waals surface area (Å²) in [6, 6.07) is 9.38. The predicted molar refractivity (Wildman–Crippen MR) is 65.0 cm³/mol. The van der Waals surface area contributed by atoms with Gasteiger partial charge in [-0.25, -0.2) is 0 Å². The highest BCUT2D eigenvalue weighted by atomic mass is 35.5. The van der Waals surface area contributed by atoms with Gasteiger partial charge < -0.3 is 0 Å². The van der Waals surface area contributed by atoms with Gasteiger partial charge in [-0.2, -0.15) is 4.57 Å². The van der Waals surface area contributed by atoms with Crippen molar-refractivity contribution < 1.29 is 9.36 Å². The normalized spacial score (nSPS) is 10.4. The van der Waals surface area contributed by atoms with Gasteiger partial charge in [0, 0.05) is 19.1 Å². The molecule has 2 rings (SSSR count). The summed E-state index contributed by atoms with van der Waals surface area (Å²) in [4.78, 5) is 12.6. The number of aromatic nitrogens is 1. The maximum absolute atomic E-state index is 11.9. The van der Waals surface area contributed by atoms with Crippen LogP contribution in [0.1, 0.15) is 15.4 Å². The molecule has 0 fully saturated rings. The largest absolute Gasteiger partial charge is 0.286 e. The minimum absolute atomic E-state index is 0.0937. The minimum Gasteiger partial charge on any atom is -0.286 e. The number of nitrogens with zero attached hydrogens (tertiary/aromatic N) is 1. The fraction of sp³-hybridized carbons (Fsp3) is 0.167. The number of carbonyl (C=O) groups is 1. The summed E-state index contributed by atoms with van der Waals surface area (Å²) in [5.74, 6) is 0.0937. The van der Waals surface area contributed by atoms with Gasteiger partial charge in [-0.3, -0.25) is 4.79 Å². The first-order valence-electron chi connectivity index (χ1n) is 4.90. The number of rotatable bonds is 3. The number of hydrogen-bond acceptors (Lipinski definition) is 2. The Labute approximate surface area is 103 Å². The van der Waals surface area contributed by atoms with E-state index < -0.39 is 0 Å². The third kappa shape index (κ3) is 2.49. The summed E-state index contributed by atoms with van der Waals surface area (Å²) in [6.07, 6.45) is 1.91.